The monoisotopic (exact) mass is 442 g/mol. The zero-order valence-corrected chi connectivity index (χ0v) is 19.7. The molecule has 0 saturated heterocycles. The molecule has 0 heterocycles. The van der Waals surface area contributed by atoms with Crippen molar-refractivity contribution < 1.29 is 19.0 Å². The maximum Gasteiger partial charge on any atom is 0.220 e. The van der Waals surface area contributed by atoms with E-state index in [9.17, 15) is 4.79 Å². The second-order valence-electron chi connectivity index (χ2n) is 7.80. The van der Waals surface area contributed by atoms with Crippen LogP contribution in [-0.4, -0.2) is 46.9 Å². The van der Waals surface area contributed by atoms with Gasteiger partial charge in [-0.05, 0) is 81.1 Å². The number of ether oxygens (including phenoxy) is 3. The summed E-state index contributed by atoms with van der Waals surface area (Å²) in [6.07, 6.45) is 6.66. The SMILES string of the molecule is CNCCCCCC(=O)NCCOc1cccc(CCCc2ccc(OC)c(OC)c2)c1. The molecule has 0 fully saturated rings. The number of aryl methyl sites for hydroxylation is 2. The molecular formula is C26H38N2O4. The number of hydrogen-bond acceptors (Lipinski definition) is 5. The predicted molar refractivity (Wildman–Crippen MR) is 129 cm³/mol. The fraction of sp³-hybridized carbons (Fsp3) is 0.500. The molecule has 176 valence electrons. The smallest absolute Gasteiger partial charge is 0.220 e. The first-order chi connectivity index (χ1) is 15.7. The normalized spacial score (nSPS) is 10.6. The Labute approximate surface area is 192 Å². The quantitative estimate of drug-likeness (QED) is 0.382. The molecular weight excluding hydrogens is 404 g/mol. The van der Waals surface area contributed by atoms with Crippen molar-refractivity contribution in [1.82, 2.24) is 10.6 Å². The third-order valence-electron chi connectivity index (χ3n) is 5.30. The number of methoxy groups -OCH3 is 2. The van der Waals surface area contributed by atoms with Crippen molar-refractivity contribution in [3.8, 4) is 17.2 Å². The van der Waals surface area contributed by atoms with Crippen LogP contribution in [0.25, 0.3) is 0 Å². The lowest BCUT2D eigenvalue weighted by molar-refractivity contribution is -0.121. The Morgan fingerprint density at radius 2 is 1.62 bits per heavy atom. The summed E-state index contributed by atoms with van der Waals surface area (Å²) in [6, 6.07) is 14.2. The first-order valence-electron chi connectivity index (χ1n) is 11.5. The molecule has 0 aliphatic carbocycles. The summed E-state index contributed by atoms with van der Waals surface area (Å²) >= 11 is 0. The van der Waals surface area contributed by atoms with Crippen LogP contribution in [0.2, 0.25) is 0 Å². The lowest BCUT2D eigenvalue weighted by atomic mass is 10.0. The fourth-order valence-corrected chi connectivity index (χ4v) is 3.54. The molecule has 0 saturated carbocycles. The minimum Gasteiger partial charge on any atom is -0.493 e. The number of hydrogen-bond donors (Lipinski definition) is 2. The molecule has 2 aromatic rings. The van der Waals surface area contributed by atoms with Crippen LogP contribution in [0.3, 0.4) is 0 Å². The second kappa shape index (κ2) is 15.1. The topological polar surface area (TPSA) is 68.8 Å². The van der Waals surface area contributed by atoms with Gasteiger partial charge in [-0.15, -0.1) is 0 Å². The maximum atomic E-state index is 11.9. The molecule has 0 aliphatic heterocycles. The average Bonchev–Trinajstić information content (AvgIpc) is 2.82. The highest BCUT2D eigenvalue weighted by Crippen LogP contribution is 2.28. The molecule has 2 rings (SSSR count). The van der Waals surface area contributed by atoms with Gasteiger partial charge < -0.3 is 24.8 Å². The van der Waals surface area contributed by atoms with Gasteiger partial charge in [-0.2, -0.15) is 0 Å². The summed E-state index contributed by atoms with van der Waals surface area (Å²) in [4.78, 5) is 11.9. The van der Waals surface area contributed by atoms with E-state index in [1.54, 1.807) is 14.2 Å². The van der Waals surface area contributed by atoms with Crippen molar-refractivity contribution in [3.63, 3.8) is 0 Å². The average molecular weight is 443 g/mol. The van der Waals surface area contributed by atoms with Gasteiger partial charge in [-0.3, -0.25) is 4.79 Å². The summed E-state index contributed by atoms with van der Waals surface area (Å²) in [5.74, 6) is 2.46. The van der Waals surface area contributed by atoms with Crippen LogP contribution < -0.4 is 24.8 Å². The van der Waals surface area contributed by atoms with Crippen molar-refractivity contribution in [2.75, 3.05) is 41.0 Å². The van der Waals surface area contributed by atoms with Gasteiger partial charge >= 0.3 is 0 Å². The van der Waals surface area contributed by atoms with Crippen molar-refractivity contribution in [2.45, 2.75) is 44.9 Å². The molecule has 0 bridgehead atoms. The van der Waals surface area contributed by atoms with Gasteiger partial charge in [0.05, 0.1) is 20.8 Å². The Kier molecular flexibility index (Phi) is 12.1. The van der Waals surface area contributed by atoms with Crippen LogP contribution in [0, 0.1) is 0 Å². The van der Waals surface area contributed by atoms with Gasteiger partial charge in [0.15, 0.2) is 11.5 Å². The van der Waals surface area contributed by atoms with Crippen molar-refractivity contribution >= 4 is 5.91 Å². The predicted octanol–water partition coefficient (Wildman–Crippen LogP) is 4.15. The molecule has 2 N–H and O–H groups in total. The maximum absolute atomic E-state index is 11.9. The fourth-order valence-electron chi connectivity index (χ4n) is 3.54. The largest absolute Gasteiger partial charge is 0.493 e. The Balaban J connectivity index is 1.66. The zero-order valence-electron chi connectivity index (χ0n) is 19.7. The third-order valence-corrected chi connectivity index (χ3v) is 5.30. The van der Waals surface area contributed by atoms with Gasteiger partial charge in [0.1, 0.15) is 12.4 Å². The highest BCUT2D eigenvalue weighted by Gasteiger charge is 2.05. The van der Waals surface area contributed by atoms with Crippen molar-refractivity contribution in [2.24, 2.45) is 0 Å². The van der Waals surface area contributed by atoms with E-state index < -0.39 is 0 Å². The van der Waals surface area contributed by atoms with Crippen LogP contribution >= 0.6 is 0 Å². The number of rotatable bonds is 16. The highest BCUT2D eigenvalue weighted by molar-refractivity contribution is 5.75. The summed E-state index contributed by atoms with van der Waals surface area (Å²) in [6.45, 7) is 2.00. The van der Waals surface area contributed by atoms with E-state index in [0.29, 0.717) is 19.6 Å². The first kappa shape index (κ1) is 25.5. The highest BCUT2D eigenvalue weighted by atomic mass is 16.5. The van der Waals surface area contributed by atoms with Crippen molar-refractivity contribution in [3.05, 3.63) is 53.6 Å². The van der Waals surface area contributed by atoms with E-state index in [-0.39, 0.29) is 5.91 Å². The van der Waals surface area contributed by atoms with E-state index in [1.807, 2.05) is 31.3 Å². The number of benzene rings is 2. The van der Waals surface area contributed by atoms with E-state index >= 15 is 0 Å². The molecule has 0 radical (unpaired) electrons. The lowest BCUT2D eigenvalue weighted by Gasteiger charge is -2.10. The molecule has 6 nitrogen and oxygen atoms in total. The lowest BCUT2D eigenvalue weighted by Crippen LogP contribution is -2.27. The number of carbonyl (C=O) groups is 1. The third kappa shape index (κ3) is 9.60. The summed E-state index contributed by atoms with van der Waals surface area (Å²) < 4.78 is 16.5. The Morgan fingerprint density at radius 1 is 0.844 bits per heavy atom. The standard InChI is InChI=1S/C26H38N2O4/c1-27-16-6-4-5-13-26(29)28-17-18-32-23-12-8-11-21(19-23)9-7-10-22-14-15-24(30-2)25(20-22)31-3/h8,11-12,14-15,19-20,27H,4-7,9-10,13,16-18H2,1-3H3,(H,28,29). The van der Waals surface area contributed by atoms with Crippen LogP contribution in [0.4, 0.5) is 0 Å². The van der Waals surface area contributed by atoms with E-state index in [0.717, 1.165) is 62.3 Å². The Morgan fingerprint density at radius 3 is 2.38 bits per heavy atom. The van der Waals surface area contributed by atoms with Crippen LogP contribution in [-0.2, 0) is 17.6 Å². The van der Waals surface area contributed by atoms with E-state index in [4.69, 9.17) is 14.2 Å². The zero-order chi connectivity index (χ0) is 23.0. The second-order valence-corrected chi connectivity index (χ2v) is 7.80. The minimum absolute atomic E-state index is 0.0990. The van der Waals surface area contributed by atoms with Gasteiger partial charge in [0, 0.05) is 6.42 Å². The van der Waals surface area contributed by atoms with Crippen LogP contribution in [0.1, 0.15) is 43.2 Å². The van der Waals surface area contributed by atoms with Gasteiger partial charge in [0.25, 0.3) is 0 Å². The molecule has 0 unspecified atom stereocenters. The van der Waals surface area contributed by atoms with Gasteiger partial charge in [-0.25, -0.2) is 0 Å². The minimum atomic E-state index is 0.0990. The Hall–Kier alpha value is -2.73. The Bertz CT molecular complexity index is 810. The number of unbranched alkanes of at least 4 members (excludes halogenated alkanes) is 2. The van der Waals surface area contributed by atoms with Crippen LogP contribution in [0.15, 0.2) is 42.5 Å². The molecule has 0 atom stereocenters. The van der Waals surface area contributed by atoms with Crippen LogP contribution in [0.5, 0.6) is 17.2 Å². The molecule has 2 aromatic carbocycles. The van der Waals surface area contributed by atoms with Gasteiger partial charge in [-0.1, -0.05) is 24.6 Å². The molecule has 1 amide bonds. The molecule has 0 aromatic heterocycles. The number of carbonyl (C=O) groups excluding carboxylic acids is 1. The first-order valence-corrected chi connectivity index (χ1v) is 11.5. The number of nitrogens with one attached hydrogen (secondary N) is 2. The van der Waals surface area contributed by atoms with E-state index in [2.05, 4.69) is 28.8 Å². The summed E-state index contributed by atoms with van der Waals surface area (Å²) in [5.41, 5.74) is 2.47. The van der Waals surface area contributed by atoms with E-state index in [1.165, 1.54) is 11.1 Å². The van der Waals surface area contributed by atoms with Crippen molar-refractivity contribution in [1.29, 1.82) is 0 Å². The van der Waals surface area contributed by atoms with Gasteiger partial charge in [0.2, 0.25) is 5.91 Å². The summed E-state index contributed by atoms with van der Waals surface area (Å²) in [7, 11) is 5.25. The molecule has 6 heteroatoms. The molecule has 0 aliphatic rings. The molecule has 0 spiro atoms. The molecule has 32 heavy (non-hydrogen) atoms. The number of amides is 1. The summed E-state index contributed by atoms with van der Waals surface area (Å²) in [5, 5.41) is 6.05.